The van der Waals surface area contributed by atoms with E-state index in [0.29, 0.717) is 39.3 Å². The van der Waals surface area contributed by atoms with Crippen molar-refractivity contribution in [2.24, 2.45) is 0 Å². The van der Waals surface area contributed by atoms with E-state index in [9.17, 15) is 29.7 Å². The molecule has 0 aromatic heterocycles. The van der Waals surface area contributed by atoms with Crippen LogP contribution in [-0.2, 0) is 116 Å². The number of carbonyl (C=O) groups excluding carboxylic acids is 3. The Morgan fingerprint density at radius 2 is 0.719 bits per heavy atom. The third-order valence-electron chi connectivity index (χ3n) is 14.7. The molecule has 6 aromatic carbocycles. The van der Waals surface area contributed by atoms with Crippen molar-refractivity contribution in [1.29, 1.82) is 0 Å². The van der Waals surface area contributed by atoms with E-state index in [1.54, 1.807) is 0 Å². The summed E-state index contributed by atoms with van der Waals surface area (Å²) in [6, 6.07) is 59.0. The molecular weight excluding hydrogens is 1140 g/mol. The van der Waals surface area contributed by atoms with Crippen molar-refractivity contribution in [3.05, 3.63) is 215 Å². The first-order valence-corrected chi connectivity index (χ1v) is 30.2. The molecule has 3 N–H and O–H groups in total. The lowest BCUT2D eigenvalue weighted by Crippen LogP contribution is -2.46. The quantitative estimate of drug-likeness (QED) is 0.0249. The van der Waals surface area contributed by atoms with Crippen molar-refractivity contribution < 1.29 is 91.3 Å². The molecule has 0 saturated carbocycles. The number of rotatable bonds is 35. The van der Waals surface area contributed by atoms with Gasteiger partial charge < -0.3 is 76.9 Å². The van der Waals surface area contributed by atoms with Gasteiger partial charge in [-0.25, -0.2) is 0 Å². The summed E-state index contributed by atoms with van der Waals surface area (Å²) in [6.07, 6.45) is -10.9. The van der Waals surface area contributed by atoms with Crippen LogP contribution < -0.4 is 0 Å². The molecule has 8 unspecified atom stereocenters. The highest BCUT2D eigenvalue weighted by atomic mass is 16.7. The summed E-state index contributed by atoms with van der Waals surface area (Å²) in [7, 11) is 0. The lowest BCUT2D eigenvalue weighted by molar-refractivity contribution is -0.219. The molecule has 2 aliphatic rings. The van der Waals surface area contributed by atoms with E-state index in [-0.39, 0.29) is 39.1 Å². The van der Waals surface area contributed by atoms with Gasteiger partial charge in [-0.05, 0) is 46.2 Å². The van der Waals surface area contributed by atoms with Crippen LogP contribution in [-0.4, -0.2) is 145 Å². The van der Waals surface area contributed by atoms with Crippen molar-refractivity contribution in [1.82, 2.24) is 0 Å². The fourth-order valence-corrected chi connectivity index (χ4v) is 10.1. The topological polar surface area (TPSA) is 232 Å². The Hall–Kier alpha value is -6.79. The fourth-order valence-electron chi connectivity index (χ4n) is 10.1. The SMILES string of the molecule is CCC(OCc1ccccc1)C(OCc1ccccc1)C(CO[C@@H]1O[C@H](CO)[C@H](O)C1O)OCc1ccccc1.CCC(OCc1ccccc1)C(OCc1ccccc1)C(CO[C@@H]1O[C@H](COC(C)=O)[C@@H](OC(C)=O)C1OC(C)=O)OCc1ccccc1. The van der Waals surface area contributed by atoms with Crippen LogP contribution in [0, 0.1) is 0 Å². The Balaban J connectivity index is 0.000000259. The monoisotopic (exact) mass is 1230 g/mol. The smallest absolute Gasteiger partial charge is 0.303 e. The second-order valence-electron chi connectivity index (χ2n) is 21.5. The van der Waals surface area contributed by atoms with Crippen LogP contribution in [0.4, 0.5) is 0 Å². The minimum absolute atomic E-state index is 0.00405. The highest BCUT2D eigenvalue weighted by Crippen LogP contribution is 2.31. The molecule has 0 radical (unpaired) electrons. The molecule has 19 heteroatoms. The molecule has 0 spiro atoms. The molecular formula is C70H86O19. The molecule has 0 amide bonds. The molecule has 2 fully saturated rings. The Morgan fingerprint density at radius 1 is 0.404 bits per heavy atom. The number of esters is 3. The molecule has 89 heavy (non-hydrogen) atoms. The van der Waals surface area contributed by atoms with Crippen molar-refractivity contribution in [2.75, 3.05) is 26.4 Å². The lowest BCUT2D eigenvalue weighted by Gasteiger charge is -2.34. The zero-order valence-electron chi connectivity index (χ0n) is 51.3. The minimum atomic E-state index is -1.30. The van der Waals surface area contributed by atoms with Crippen LogP contribution in [0.25, 0.3) is 0 Å². The average Bonchev–Trinajstić information content (AvgIpc) is 2.27. The molecule has 19 nitrogen and oxygen atoms in total. The average molecular weight is 1230 g/mol. The van der Waals surface area contributed by atoms with Gasteiger partial charge in [-0.3, -0.25) is 14.4 Å². The Morgan fingerprint density at radius 3 is 1.03 bits per heavy atom. The van der Waals surface area contributed by atoms with Crippen molar-refractivity contribution in [2.45, 2.75) is 173 Å². The Bertz CT molecular complexity index is 2900. The van der Waals surface area contributed by atoms with Gasteiger partial charge in [-0.1, -0.05) is 196 Å². The van der Waals surface area contributed by atoms with E-state index >= 15 is 0 Å². The summed E-state index contributed by atoms with van der Waals surface area (Å²) >= 11 is 0. The lowest BCUT2D eigenvalue weighted by atomic mass is 10.0. The summed E-state index contributed by atoms with van der Waals surface area (Å²) < 4.78 is 79.0. The van der Waals surface area contributed by atoms with Gasteiger partial charge in [0.05, 0.1) is 71.7 Å². The van der Waals surface area contributed by atoms with E-state index in [1.807, 2.05) is 196 Å². The molecule has 2 heterocycles. The van der Waals surface area contributed by atoms with Gasteiger partial charge in [0.1, 0.15) is 55.4 Å². The van der Waals surface area contributed by atoms with Gasteiger partial charge in [0.2, 0.25) is 0 Å². The number of hydrogen-bond donors (Lipinski definition) is 3. The standard InChI is InChI=1S/C38H46O11.C32H40O8/c1-5-32(43-21-29-15-9-6-10-16-29)35(45-23-31-19-13-8-14-20-31)33(44-22-30-17-11-7-12-18-30)24-46-38-37(48-28(4)41)36(47-27(3)40)34(49-38)25-42-26(2)39;1-2-26(36-19-23-12-6-3-7-13-23)31(38-21-25-16-10-5-11-17-25)28(37-20-24-14-8-4-9-15-24)22-39-32-30(35)29(34)27(18-33)40-32/h6-20,32-38H,5,21-25H2,1-4H3;3-17,26-35H,2,18-22H2,1H3/t32?,33?,34-,35?,36-,37?,38-;26?,27-,28?,29+,30?,31?,32-/m11/s1. The molecule has 0 bridgehead atoms. The normalized spacial score (nSPS) is 21.7. The predicted molar refractivity (Wildman–Crippen MR) is 327 cm³/mol. The predicted octanol–water partition coefficient (Wildman–Crippen LogP) is 8.93. The van der Waals surface area contributed by atoms with Gasteiger partial charge in [-0.2, -0.15) is 0 Å². The second-order valence-corrected chi connectivity index (χ2v) is 21.5. The van der Waals surface area contributed by atoms with Crippen LogP contribution in [0.2, 0.25) is 0 Å². The number of benzene rings is 6. The summed E-state index contributed by atoms with van der Waals surface area (Å²) in [6.45, 7) is 8.98. The van der Waals surface area contributed by atoms with Gasteiger partial charge >= 0.3 is 17.9 Å². The van der Waals surface area contributed by atoms with Crippen LogP contribution in [0.3, 0.4) is 0 Å². The summed E-state index contributed by atoms with van der Waals surface area (Å²) in [5.41, 5.74) is 5.97. The third kappa shape index (κ3) is 23.2. The maximum atomic E-state index is 12.2. The number of ether oxygens (including phenoxy) is 13. The highest BCUT2D eigenvalue weighted by molar-refractivity contribution is 5.68. The van der Waals surface area contributed by atoms with Crippen LogP contribution >= 0.6 is 0 Å². The zero-order valence-corrected chi connectivity index (χ0v) is 51.3. The van der Waals surface area contributed by atoms with Gasteiger partial charge in [0.25, 0.3) is 0 Å². The van der Waals surface area contributed by atoms with E-state index in [4.69, 9.17) is 61.6 Å². The molecule has 14 atom stereocenters. The molecule has 8 rings (SSSR count). The van der Waals surface area contributed by atoms with Crippen LogP contribution in [0.15, 0.2) is 182 Å². The Labute approximate surface area is 521 Å². The first-order chi connectivity index (χ1) is 43.3. The van der Waals surface area contributed by atoms with E-state index in [2.05, 4.69) is 0 Å². The van der Waals surface area contributed by atoms with Crippen molar-refractivity contribution >= 4 is 17.9 Å². The van der Waals surface area contributed by atoms with E-state index in [0.717, 1.165) is 33.4 Å². The van der Waals surface area contributed by atoms with Crippen molar-refractivity contribution in [3.8, 4) is 0 Å². The summed E-state index contributed by atoms with van der Waals surface area (Å²) in [5.74, 6) is -1.81. The first-order valence-electron chi connectivity index (χ1n) is 30.2. The van der Waals surface area contributed by atoms with E-state index in [1.165, 1.54) is 20.8 Å². The molecule has 480 valence electrons. The van der Waals surface area contributed by atoms with Crippen LogP contribution in [0.1, 0.15) is 80.8 Å². The molecule has 2 aliphatic heterocycles. The fraction of sp³-hybridized carbons (Fsp3) is 0.443. The highest BCUT2D eigenvalue weighted by Gasteiger charge is 2.51. The Kier molecular flexibility index (Phi) is 29.8. The number of aliphatic hydroxyl groups excluding tert-OH is 3. The van der Waals surface area contributed by atoms with Gasteiger partial charge in [-0.15, -0.1) is 0 Å². The summed E-state index contributed by atoms with van der Waals surface area (Å²) in [5, 5.41) is 30.1. The number of hydrogen-bond acceptors (Lipinski definition) is 19. The number of carbonyl (C=O) groups is 3. The number of aliphatic hydroxyl groups is 3. The third-order valence-corrected chi connectivity index (χ3v) is 14.7. The van der Waals surface area contributed by atoms with E-state index < -0.39 is 104 Å². The molecule has 0 aliphatic carbocycles. The maximum Gasteiger partial charge on any atom is 0.303 e. The van der Waals surface area contributed by atoms with Gasteiger partial charge in [0, 0.05) is 20.8 Å². The van der Waals surface area contributed by atoms with Gasteiger partial charge in [0.15, 0.2) is 24.8 Å². The molecule has 2 saturated heterocycles. The largest absolute Gasteiger partial charge is 0.463 e. The minimum Gasteiger partial charge on any atom is -0.463 e. The second kappa shape index (κ2) is 38.0. The maximum absolute atomic E-state index is 12.2. The van der Waals surface area contributed by atoms with Crippen molar-refractivity contribution in [3.63, 3.8) is 0 Å². The zero-order chi connectivity index (χ0) is 63.2. The summed E-state index contributed by atoms with van der Waals surface area (Å²) in [4.78, 5) is 35.8. The molecule has 6 aromatic rings. The first kappa shape index (κ1) is 69.7. The van der Waals surface area contributed by atoms with Crippen LogP contribution in [0.5, 0.6) is 0 Å².